The minimum absolute atomic E-state index is 0.0535. The molecule has 6 heteroatoms. The molecular formula is C23H26N2O4. The molecule has 152 valence electrons. The first kappa shape index (κ1) is 19.4. The first-order valence-corrected chi connectivity index (χ1v) is 9.84. The Kier molecular flexibility index (Phi) is 4.60. The highest BCUT2D eigenvalue weighted by molar-refractivity contribution is 6.05. The van der Waals surface area contributed by atoms with Crippen LogP contribution in [0.1, 0.15) is 38.4 Å². The maximum absolute atomic E-state index is 12.7. The number of methoxy groups -OCH3 is 2. The summed E-state index contributed by atoms with van der Waals surface area (Å²) in [6.45, 7) is 6.57. The van der Waals surface area contributed by atoms with Crippen molar-refractivity contribution in [1.82, 2.24) is 10.3 Å². The molecule has 0 bridgehead atoms. The molecule has 6 nitrogen and oxygen atoms in total. The third kappa shape index (κ3) is 3.07. The number of esters is 1. The number of allylic oxidation sites excluding steroid dienone is 1. The number of pyridine rings is 1. The minimum atomic E-state index is -0.826. The maximum atomic E-state index is 12.7. The van der Waals surface area contributed by atoms with Crippen LogP contribution < -0.4 is 10.1 Å². The lowest BCUT2D eigenvalue weighted by Crippen LogP contribution is -2.44. The molecule has 29 heavy (non-hydrogen) atoms. The van der Waals surface area contributed by atoms with Crippen molar-refractivity contribution in [2.45, 2.75) is 33.6 Å². The zero-order valence-corrected chi connectivity index (χ0v) is 17.5. The Morgan fingerprint density at radius 3 is 2.45 bits per heavy atom. The molecule has 1 aliphatic carbocycles. The van der Waals surface area contributed by atoms with E-state index in [1.165, 1.54) is 7.11 Å². The normalized spacial score (nSPS) is 21.3. The molecule has 2 aliphatic rings. The zero-order chi connectivity index (χ0) is 20.9. The van der Waals surface area contributed by atoms with E-state index in [0.29, 0.717) is 12.3 Å². The van der Waals surface area contributed by atoms with E-state index < -0.39 is 11.9 Å². The molecule has 1 aromatic heterocycles. The second-order valence-electron chi connectivity index (χ2n) is 8.79. The first-order valence-electron chi connectivity index (χ1n) is 9.84. The Hall–Kier alpha value is -2.89. The Balaban J connectivity index is 1.98. The number of nitrogens with zero attached hydrogens (tertiary/aromatic N) is 1. The number of nitrogens with one attached hydrogen (secondary N) is 1. The molecule has 0 saturated heterocycles. The summed E-state index contributed by atoms with van der Waals surface area (Å²) < 4.78 is 10.4. The second kappa shape index (κ2) is 6.87. The van der Waals surface area contributed by atoms with Crippen molar-refractivity contribution < 1.29 is 19.1 Å². The third-order valence-electron chi connectivity index (χ3n) is 6.08. The largest absolute Gasteiger partial charge is 0.481 e. The number of hydrogen-bond donors (Lipinski definition) is 1. The predicted molar refractivity (Wildman–Crippen MR) is 110 cm³/mol. The van der Waals surface area contributed by atoms with Gasteiger partial charge < -0.3 is 14.8 Å². The molecule has 2 unspecified atom stereocenters. The van der Waals surface area contributed by atoms with Gasteiger partial charge in [-0.2, -0.15) is 0 Å². The van der Waals surface area contributed by atoms with Gasteiger partial charge in [-0.15, -0.1) is 0 Å². The molecule has 0 radical (unpaired) electrons. The molecular weight excluding hydrogens is 368 g/mol. The lowest BCUT2D eigenvalue weighted by atomic mass is 9.66. The molecule has 1 amide bonds. The molecule has 1 aromatic carbocycles. The fourth-order valence-corrected chi connectivity index (χ4v) is 4.58. The molecule has 1 N–H and O–H groups in total. The maximum Gasteiger partial charge on any atom is 0.318 e. The summed E-state index contributed by atoms with van der Waals surface area (Å²) in [6.07, 6.45) is 1.14. The summed E-state index contributed by atoms with van der Waals surface area (Å²) in [6, 6.07) is 8.05. The predicted octanol–water partition coefficient (Wildman–Crippen LogP) is 3.48. The van der Waals surface area contributed by atoms with E-state index in [-0.39, 0.29) is 17.2 Å². The molecule has 4 rings (SSSR count). The van der Waals surface area contributed by atoms with Crippen LogP contribution >= 0.6 is 0 Å². The minimum Gasteiger partial charge on any atom is -0.481 e. The van der Waals surface area contributed by atoms with Gasteiger partial charge in [-0.3, -0.25) is 9.59 Å². The van der Waals surface area contributed by atoms with Crippen molar-refractivity contribution in [2.75, 3.05) is 14.2 Å². The number of aromatic nitrogens is 1. The summed E-state index contributed by atoms with van der Waals surface area (Å²) in [5.41, 5.74) is 3.58. The van der Waals surface area contributed by atoms with Gasteiger partial charge in [0.15, 0.2) is 0 Å². The van der Waals surface area contributed by atoms with Gasteiger partial charge in [-0.05, 0) is 46.8 Å². The number of hydrogen-bond acceptors (Lipinski definition) is 5. The van der Waals surface area contributed by atoms with E-state index >= 15 is 0 Å². The van der Waals surface area contributed by atoms with Crippen LogP contribution in [-0.4, -0.2) is 31.1 Å². The fraction of sp³-hybridized carbons (Fsp3) is 0.435. The molecule has 1 aliphatic heterocycles. The summed E-state index contributed by atoms with van der Waals surface area (Å²) in [7, 11) is 2.92. The van der Waals surface area contributed by atoms with Crippen LogP contribution in [0.25, 0.3) is 16.5 Å². The zero-order valence-electron chi connectivity index (χ0n) is 17.5. The van der Waals surface area contributed by atoms with E-state index in [1.54, 1.807) is 7.11 Å². The van der Waals surface area contributed by atoms with E-state index in [2.05, 4.69) is 32.2 Å². The lowest BCUT2D eigenvalue weighted by molar-refractivity contribution is -0.150. The Morgan fingerprint density at radius 1 is 1.14 bits per heavy atom. The van der Waals surface area contributed by atoms with Crippen LogP contribution in [0.3, 0.4) is 0 Å². The highest BCUT2D eigenvalue weighted by atomic mass is 16.5. The highest BCUT2D eigenvalue weighted by Crippen LogP contribution is 2.48. The van der Waals surface area contributed by atoms with Gasteiger partial charge in [-0.1, -0.05) is 39.0 Å². The van der Waals surface area contributed by atoms with Gasteiger partial charge in [0.25, 0.3) is 0 Å². The fourth-order valence-electron chi connectivity index (χ4n) is 4.58. The number of carbonyl (C=O) groups excluding carboxylic acids is 2. The highest BCUT2D eigenvalue weighted by Gasteiger charge is 2.44. The van der Waals surface area contributed by atoms with E-state index in [9.17, 15) is 9.59 Å². The van der Waals surface area contributed by atoms with Crippen molar-refractivity contribution in [3.05, 3.63) is 41.1 Å². The molecule has 0 fully saturated rings. The van der Waals surface area contributed by atoms with Gasteiger partial charge in [0.2, 0.25) is 11.8 Å². The van der Waals surface area contributed by atoms with E-state index in [1.807, 2.05) is 18.2 Å². The lowest BCUT2D eigenvalue weighted by Gasteiger charge is -2.41. The Labute approximate surface area is 170 Å². The van der Waals surface area contributed by atoms with Crippen molar-refractivity contribution in [1.29, 1.82) is 0 Å². The van der Waals surface area contributed by atoms with Crippen molar-refractivity contribution in [2.24, 2.45) is 17.3 Å². The Bertz CT molecular complexity index is 1050. The number of benzene rings is 1. The summed E-state index contributed by atoms with van der Waals surface area (Å²) in [5.74, 6) is -0.977. The van der Waals surface area contributed by atoms with Crippen LogP contribution in [0, 0.1) is 17.3 Å². The SMILES string of the molecule is COC(=O)C1CC2=C(NC1=O)c1nc(OC)c3ccccc3c1CC2C(C)(C)C. The van der Waals surface area contributed by atoms with Crippen LogP contribution in [0.15, 0.2) is 29.8 Å². The van der Waals surface area contributed by atoms with Crippen molar-refractivity contribution in [3.63, 3.8) is 0 Å². The average molecular weight is 394 g/mol. The monoisotopic (exact) mass is 394 g/mol. The summed E-state index contributed by atoms with van der Waals surface area (Å²) >= 11 is 0. The first-order chi connectivity index (χ1) is 13.8. The van der Waals surface area contributed by atoms with Gasteiger partial charge in [0.1, 0.15) is 5.92 Å². The van der Waals surface area contributed by atoms with Gasteiger partial charge in [0, 0.05) is 5.39 Å². The van der Waals surface area contributed by atoms with E-state index in [4.69, 9.17) is 14.5 Å². The molecule has 2 atom stereocenters. The smallest absolute Gasteiger partial charge is 0.318 e. The average Bonchev–Trinajstić information content (AvgIpc) is 2.70. The van der Waals surface area contributed by atoms with Crippen LogP contribution in [0.4, 0.5) is 0 Å². The van der Waals surface area contributed by atoms with Crippen LogP contribution in [-0.2, 0) is 20.7 Å². The Morgan fingerprint density at radius 2 is 1.83 bits per heavy atom. The van der Waals surface area contributed by atoms with Gasteiger partial charge in [0.05, 0.1) is 25.6 Å². The topological polar surface area (TPSA) is 77.5 Å². The number of ether oxygens (including phenoxy) is 2. The molecule has 0 spiro atoms. The molecule has 2 aromatic rings. The van der Waals surface area contributed by atoms with Crippen LogP contribution in [0.5, 0.6) is 5.88 Å². The van der Waals surface area contributed by atoms with Gasteiger partial charge >= 0.3 is 5.97 Å². The summed E-state index contributed by atoms with van der Waals surface area (Å²) in [4.78, 5) is 29.7. The number of fused-ring (bicyclic) bond motifs is 4. The van der Waals surface area contributed by atoms with Crippen molar-refractivity contribution in [3.8, 4) is 5.88 Å². The number of carbonyl (C=O) groups is 2. The molecule has 0 saturated carbocycles. The van der Waals surface area contributed by atoms with Gasteiger partial charge in [-0.25, -0.2) is 4.98 Å². The van der Waals surface area contributed by atoms with Crippen molar-refractivity contribution >= 4 is 28.3 Å². The standard InChI is InChI=1S/C23H26N2O4/c1-23(2,3)17-11-14-12-8-6-7-9-13(12)21(28-4)25-18(14)19-15(17)10-16(20(26)24-19)22(27)29-5/h6-9,16-17H,10-11H2,1-5H3,(H,24,26). The van der Waals surface area contributed by atoms with E-state index in [0.717, 1.165) is 39.7 Å². The second-order valence-corrected chi connectivity index (χ2v) is 8.79. The third-order valence-corrected chi connectivity index (χ3v) is 6.08. The number of rotatable bonds is 2. The molecule has 2 heterocycles. The summed E-state index contributed by atoms with van der Waals surface area (Å²) in [5, 5.41) is 5.02. The number of amides is 1. The van der Waals surface area contributed by atoms with Crippen LogP contribution in [0.2, 0.25) is 0 Å². The quantitative estimate of drug-likeness (QED) is 0.623.